The normalized spacial score (nSPS) is 10.5. The van der Waals surface area contributed by atoms with Crippen molar-refractivity contribution in [2.24, 2.45) is 0 Å². The fourth-order valence-electron chi connectivity index (χ4n) is 1.25. The highest BCUT2D eigenvalue weighted by atomic mass is 16.4. The van der Waals surface area contributed by atoms with E-state index in [0.29, 0.717) is 5.52 Å². The summed E-state index contributed by atoms with van der Waals surface area (Å²) in [6.45, 7) is 1.93. The first-order chi connectivity index (χ1) is 6.18. The SMILES string of the molecule is Cc1ccc2c(C(=O)O)cnn2c1. The smallest absolute Gasteiger partial charge is 0.339 e. The van der Waals surface area contributed by atoms with Crippen LogP contribution in [0, 0.1) is 6.92 Å². The average Bonchev–Trinajstić information content (AvgIpc) is 2.46. The molecule has 0 radical (unpaired) electrons. The molecule has 0 aromatic carbocycles. The Hall–Kier alpha value is -1.84. The Kier molecular flexibility index (Phi) is 1.55. The third-order valence-corrected chi connectivity index (χ3v) is 1.89. The molecule has 0 unspecified atom stereocenters. The number of aryl methyl sites for hydroxylation is 1. The van der Waals surface area contributed by atoms with Gasteiger partial charge in [-0.3, -0.25) is 0 Å². The zero-order valence-corrected chi connectivity index (χ0v) is 7.06. The van der Waals surface area contributed by atoms with Crippen molar-refractivity contribution in [1.29, 1.82) is 0 Å². The van der Waals surface area contributed by atoms with Crippen LogP contribution in [0.3, 0.4) is 0 Å². The monoisotopic (exact) mass is 176 g/mol. The first-order valence-corrected chi connectivity index (χ1v) is 3.86. The quantitative estimate of drug-likeness (QED) is 0.713. The Morgan fingerprint density at radius 1 is 1.54 bits per heavy atom. The van der Waals surface area contributed by atoms with Crippen LogP contribution in [0.5, 0.6) is 0 Å². The van der Waals surface area contributed by atoms with Gasteiger partial charge in [-0.25, -0.2) is 9.31 Å². The molecule has 0 bridgehead atoms. The summed E-state index contributed by atoms with van der Waals surface area (Å²) in [5.41, 5.74) is 1.91. The van der Waals surface area contributed by atoms with E-state index in [4.69, 9.17) is 5.11 Å². The van der Waals surface area contributed by atoms with Gasteiger partial charge in [0, 0.05) is 6.20 Å². The Labute approximate surface area is 74.4 Å². The van der Waals surface area contributed by atoms with Crippen LogP contribution in [0.1, 0.15) is 15.9 Å². The summed E-state index contributed by atoms with van der Waals surface area (Å²) in [4.78, 5) is 10.7. The molecule has 0 saturated heterocycles. The van der Waals surface area contributed by atoms with Gasteiger partial charge in [-0.15, -0.1) is 0 Å². The Morgan fingerprint density at radius 2 is 2.31 bits per heavy atom. The third-order valence-electron chi connectivity index (χ3n) is 1.89. The number of hydrogen-bond donors (Lipinski definition) is 1. The molecule has 66 valence electrons. The van der Waals surface area contributed by atoms with E-state index in [2.05, 4.69) is 5.10 Å². The minimum atomic E-state index is -0.946. The molecule has 1 N–H and O–H groups in total. The second kappa shape index (κ2) is 2.58. The number of carbonyl (C=O) groups is 1. The first-order valence-electron chi connectivity index (χ1n) is 3.86. The molecule has 0 fully saturated rings. The van der Waals surface area contributed by atoms with E-state index in [1.165, 1.54) is 6.20 Å². The van der Waals surface area contributed by atoms with Crippen LogP contribution in [0.4, 0.5) is 0 Å². The summed E-state index contributed by atoms with van der Waals surface area (Å²) in [5, 5.41) is 12.7. The molecular weight excluding hydrogens is 168 g/mol. The highest BCUT2D eigenvalue weighted by molar-refractivity contribution is 5.95. The first kappa shape index (κ1) is 7.79. The summed E-state index contributed by atoms with van der Waals surface area (Å²) < 4.78 is 1.57. The standard InChI is InChI=1S/C9H8N2O2/c1-6-2-3-8-7(9(12)13)4-10-11(8)5-6/h2-5H,1H3,(H,12,13). The lowest BCUT2D eigenvalue weighted by Crippen LogP contribution is -1.95. The highest BCUT2D eigenvalue weighted by Crippen LogP contribution is 2.11. The van der Waals surface area contributed by atoms with Crippen molar-refractivity contribution in [3.05, 3.63) is 35.7 Å². The molecule has 2 rings (SSSR count). The summed E-state index contributed by atoms with van der Waals surface area (Å²) in [6, 6.07) is 3.62. The minimum Gasteiger partial charge on any atom is -0.478 e. The topological polar surface area (TPSA) is 54.6 Å². The van der Waals surface area contributed by atoms with Gasteiger partial charge in [-0.05, 0) is 18.6 Å². The van der Waals surface area contributed by atoms with Crippen molar-refractivity contribution in [2.45, 2.75) is 6.92 Å². The molecule has 0 spiro atoms. The Balaban J connectivity index is 2.76. The Morgan fingerprint density at radius 3 is 3.00 bits per heavy atom. The Bertz CT molecular complexity index is 473. The summed E-state index contributed by atoms with van der Waals surface area (Å²) in [7, 11) is 0. The van der Waals surface area contributed by atoms with E-state index in [0.717, 1.165) is 5.56 Å². The maximum absolute atomic E-state index is 10.7. The van der Waals surface area contributed by atoms with Crippen LogP contribution in [0.15, 0.2) is 24.5 Å². The largest absolute Gasteiger partial charge is 0.478 e. The van der Waals surface area contributed by atoms with Crippen LogP contribution < -0.4 is 0 Å². The lowest BCUT2D eigenvalue weighted by molar-refractivity contribution is 0.0699. The molecule has 4 heteroatoms. The van der Waals surface area contributed by atoms with Crippen molar-refractivity contribution in [3.63, 3.8) is 0 Å². The molecule has 0 aliphatic heterocycles. The van der Waals surface area contributed by atoms with Crippen molar-refractivity contribution < 1.29 is 9.90 Å². The fourth-order valence-corrected chi connectivity index (χ4v) is 1.25. The van der Waals surface area contributed by atoms with Gasteiger partial charge in [0.15, 0.2) is 0 Å². The minimum absolute atomic E-state index is 0.236. The van der Waals surface area contributed by atoms with Gasteiger partial charge in [-0.1, -0.05) is 6.07 Å². The number of carboxylic acids is 1. The van der Waals surface area contributed by atoms with E-state index >= 15 is 0 Å². The van der Waals surface area contributed by atoms with Gasteiger partial charge in [0.25, 0.3) is 0 Å². The van der Waals surface area contributed by atoms with Crippen LogP contribution in [0.25, 0.3) is 5.52 Å². The number of nitrogens with zero attached hydrogens (tertiary/aromatic N) is 2. The van der Waals surface area contributed by atoms with Crippen LogP contribution in [-0.2, 0) is 0 Å². The predicted octanol–water partition coefficient (Wildman–Crippen LogP) is 1.34. The molecule has 0 amide bonds. The molecule has 0 aliphatic rings. The van der Waals surface area contributed by atoms with E-state index in [9.17, 15) is 4.79 Å². The molecule has 2 aromatic heterocycles. The maximum Gasteiger partial charge on any atom is 0.339 e. The molecule has 2 heterocycles. The fraction of sp³-hybridized carbons (Fsp3) is 0.111. The summed E-state index contributed by atoms with van der Waals surface area (Å²) in [5.74, 6) is -0.946. The predicted molar refractivity (Wildman–Crippen MR) is 46.9 cm³/mol. The molecule has 0 atom stereocenters. The van der Waals surface area contributed by atoms with Crippen molar-refractivity contribution in [2.75, 3.05) is 0 Å². The lowest BCUT2D eigenvalue weighted by atomic mass is 10.2. The van der Waals surface area contributed by atoms with Gasteiger partial charge in [0.05, 0.1) is 11.7 Å². The summed E-state index contributed by atoms with van der Waals surface area (Å²) >= 11 is 0. The summed E-state index contributed by atoms with van der Waals surface area (Å²) in [6.07, 6.45) is 3.15. The van der Waals surface area contributed by atoms with Crippen molar-refractivity contribution >= 4 is 11.5 Å². The number of aromatic carboxylic acids is 1. The van der Waals surface area contributed by atoms with E-state index in [1.54, 1.807) is 16.8 Å². The average molecular weight is 176 g/mol. The second-order valence-electron chi connectivity index (χ2n) is 2.90. The van der Waals surface area contributed by atoms with E-state index < -0.39 is 5.97 Å². The maximum atomic E-state index is 10.7. The number of fused-ring (bicyclic) bond motifs is 1. The van der Waals surface area contributed by atoms with Crippen LogP contribution in [-0.4, -0.2) is 20.7 Å². The van der Waals surface area contributed by atoms with Crippen LogP contribution >= 0.6 is 0 Å². The zero-order chi connectivity index (χ0) is 9.42. The third kappa shape index (κ3) is 1.16. The van der Waals surface area contributed by atoms with Gasteiger partial charge in [-0.2, -0.15) is 5.10 Å². The number of hydrogen-bond acceptors (Lipinski definition) is 2. The van der Waals surface area contributed by atoms with Gasteiger partial charge in [0.1, 0.15) is 5.56 Å². The van der Waals surface area contributed by atoms with Gasteiger partial charge in [0.2, 0.25) is 0 Å². The number of pyridine rings is 1. The van der Waals surface area contributed by atoms with Crippen molar-refractivity contribution in [3.8, 4) is 0 Å². The molecule has 0 aliphatic carbocycles. The number of rotatable bonds is 1. The zero-order valence-electron chi connectivity index (χ0n) is 7.06. The highest BCUT2D eigenvalue weighted by Gasteiger charge is 2.09. The molecule has 2 aromatic rings. The molecule has 13 heavy (non-hydrogen) atoms. The van der Waals surface area contributed by atoms with E-state index in [-0.39, 0.29) is 5.56 Å². The van der Waals surface area contributed by atoms with Gasteiger partial charge < -0.3 is 5.11 Å². The lowest BCUT2D eigenvalue weighted by Gasteiger charge is -1.95. The molecular formula is C9H8N2O2. The van der Waals surface area contributed by atoms with E-state index in [1.807, 2.05) is 13.0 Å². The second-order valence-corrected chi connectivity index (χ2v) is 2.90. The van der Waals surface area contributed by atoms with Crippen LogP contribution in [0.2, 0.25) is 0 Å². The number of aromatic nitrogens is 2. The van der Waals surface area contributed by atoms with Crippen molar-refractivity contribution in [1.82, 2.24) is 9.61 Å². The van der Waals surface area contributed by atoms with Gasteiger partial charge >= 0.3 is 5.97 Å². The molecule has 0 saturated carbocycles. The molecule has 4 nitrogen and oxygen atoms in total. The number of carboxylic acid groups (broad SMARTS) is 1.